The average Bonchev–Trinajstić information content (AvgIpc) is 2.86. The third-order valence-corrected chi connectivity index (χ3v) is 7.70. The monoisotopic (exact) mass is 568 g/mol. The minimum atomic E-state index is -2.06. The number of ether oxygens (including phenoxy) is 2. The van der Waals surface area contributed by atoms with E-state index in [4.69, 9.17) is 44.3 Å². The van der Waals surface area contributed by atoms with Crippen LogP contribution in [0.5, 0.6) is 0 Å². The molecule has 2 aromatic carbocycles. The molecule has 0 spiro atoms. The van der Waals surface area contributed by atoms with E-state index in [1.165, 1.54) is 32.1 Å². The molecule has 2 aliphatic heterocycles. The van der Waals surface area contributed by atoms with Crippen molar-refractivity contribution in [3.63, 3.8) is 0 Å². The second-order valence-electron chi connectivity index (χ2n) is 9.97. The van der Waals surface area contributed by atoms with E-state index < -0.39 is 16.0 Å². The summed E-state index contributed by atoms with van der Waals surface area (Å²) in [5, 5.41) is 12.1. The molecule has 2 heterocycles. The molecule has 4 atom stereocenters. The molecule has 0 saturated carbocycles. The van der Waals surface area contributed by atoms with Crippen molar-refractivity contribution in [1.29, 1.82) is 0 Å². The fourth-order valence-electron chi connectivity index (χ4n) is 5.04. The Bertz CT molecular complexity index is 1020. The lowest BCUT2D eigenvalue weighted by atomic mass is 9.89. The second kappa shape index (κ2) is 13.1. The third kappa shape index (κ3) is 7.82. The predicted octanol–water partition coefficient (Wildman–Crippen LogP) is 6.55. The van der Waals surface area contributed by atoms with Gasteiger partial charge in [0.05, 0.1) is 18.8 Å². The van der Waals surface area contributed by atoms with Crippen LogP contribution in [0, 0.1) is 5.92 Å². The molecule has 2 N–H and O–H groups in total. The number of hydrogen-bond acceptors (Lipinski definition) is 5. The molecule has 37 heavy (non-hydrogen) atoms. The number of nitrogens with zero attached hydrogens (tertiary/aromatic N) is 1. The van der Waals surface area contributed by atoms with Crippen LogP contribution in [0.1, 0.15) is 68.1 Å². The lowest BCUT2D eigenvalue weighted by molar-refractivity contribution is -0.276. The van der Waals surface area contributed by atoms with Gasteiger partial charge in [0.1, 0.15) is 0 Å². The maximum atomic E-state index is 12.2. The number of aliphatic hydroxyl groups excluding tert-OH is 1. The van der Waals surface area contributed by atoms with Crippen LogP contribution in [0.25, 0.3) is 0 Å². The van der Waals surface area contributed by atoms with Gasteiger partial charge in [0.25, 0.3) is 9.70 Å². The van der Waals surface area contributed by atoms with Crippen LogP contribution in [0.4, 0.5) is 5.69 Å². The standard InChI is InChI=1S/C28H35Cl3N2O4/c1-19-24(17-33-14-5-3-2-4-6-15-33)36-26(37-25(19)21-12-10-20(18-34)11-13-21)22-8-7-9-23(16-22)32-27(35)28(29,30)31/h7-13,16,19,24-26,34H,2-6,14-15,17-18H2,1H3,(H,32,35)/t19-,24+,25+,26+/m1/s1. The van der Waals surface area contributed by atoms with Gasteiger partial charge in [0, 0.05) is 23.7 Å². The fourth-order valence-corrected chi connectivity index (χ4v) is 5.18. The van der Waals surface area contributed by atoms with Crippen LogP contribution in [-0.2, 0) is 20.9 Å². The largest absolute Gasteiger partial charge is 0.392 e. The van der Waals surface area contributed by atoms with Crippen LogP contribution >= 0.6 is 34.8 Å². The number of alkyl halides is 3. The van der Waals surface area contributed by atoms with Crippen molar-refractivity contribution < 1.29 is 19.4 Å². The zero-order valence-electron chi connectivity index (χ0n) is 21.0. The van der Waals surface area contributed by atoms with Gasteiger partial charge in [-0.1, -0.05) is 97.4 Å². The number of nitrogens with one attached hydrogen (secondary N) is 1. The Morgan fingerprint density at radius 3 is 2.32 bits per heavy atom. The van der Waals surface area contributed by atoms with Crippen molar-refractivity contribution in [2.45, 2.75) is 67.9 Å². The number of carbonyl (C=O) groups is 1. The Labute approximate surface area is 234 Å². The molecule has 202 valence electrons. The molecule has 0 bridgehead atoms. The molecule has 0 radical (unpaired) electrons. The number of carbonyl (C=O) groups excluding carboxylic acids is 1. The van der Waals surface area contributed by atoms with Gasteiger partial charge < -0.3 is 24.8 Å². The maximum absolute atomic E-state index is 12.2. The molecule has 2 fully saturated rings. The smallest absolute Gasteiger partial charge is 0.276 e. The SMILES string of the molecule is C[C@@H]1[C@H](CN2CCCCCCC2)O[C@H](c2cccc(NC(=O)C(Cl)(Cl)Cl)c2)O[C@@H]1c1ccc(CO)cc1. The highest BCUT2D eigenvalue weighted by atomic mass is 35.6. The summed E-state index contributed by atoms with van der Waals surface area (Å²) in [6.07, 6.45) is 5.38. The predicted molar refractivity (Wildman–Crippen MR) is 148 cm³/mol. The first kappa shape index (κ1) is 28.6. The molecule has 1 amide bonds. The number of rotatable bonds is 6. The summed E-state index contributed by atoms with van der Waals surface area (Å²) in [6.45, 7) is 5.15. The Hall–Kier alpha value is -1.38. The Balaban J connectivity index is 1.58. The quantitative estimate of drug-likeness (QED) is 0.386. The highest BCUT2D eigenvalue weighted by Gasteiger charge is 2.39. The maximum Gasteiger partial charge on any atom is 0.276 e. The molecule has 6 nitrogen and oxygen atoms in total. The first-order chi connectivity index (χ1) is 17.7. The summed E-state index contributed by atoms with van der Waals surface area (Å²) in [5.41, 5.74) is 3.15. The van der Waals surface area contributed by atoms with E-state index in [0.29, 0.717) is 5.69 Å². The van der Waals surface area contributed by atoms with Crippen molar-refractivity contribution in [1.82, 2.24) is 4.90 Å². The van der Waals surface area contributed by atoms with Crippen molar-refractivity contribution in [3.8, 4) is 0 Å². The summed E-state index contributed by atoms with van der Waals surface area (Å²) < 4.78 is 11.1. The molecule has 0 unspecified atom stereocenters. The van der Waals surface area contributed by atoms with E-state index in [0.717, 1.165) is 36.3 Å². The second-order valence-corrected chi connectivity index (χ2v) is 12.2. The Morgan fingerprint density at radius 1 is 1.00 bits per heavy atom. The van der Waals surface area contributed by atoms with E-state index in [-0.39, 0.29) is 24.7 Å². The zero-order chi connectivity index (χ0) is 26.4. The molecule has 2 aromatic rings. The lowest BCUT2D eigenvalue weighted by Crippen LogP contribution is -2.45. The highest BCUT2D eigenvalue weighted by molar-refractivity contribution is 6.76. The summed E-state index contributed by atoms with van der Waals surface area (Å²) in [7, 11) is 0. The summed E-state index contributed by atoms with van der Waals surface area (Å²) in [5.74, 6) is -0.625. The number of amides is 1. The van der Waals surface area contributed by atoms with Crippen molar-refractivity contribution in [2.75, 3.05) is 25.0 Å². The molecule has 2 aliphatic rings. The van der Waals surface area contributed by atoms with Crippen molar-refractivity contribution in [2.24, 2.45) is 5.92 Å². The van der Waals surface area contributed by atoms with Crippen LogP contribution in [0.3, 0.4) is 0 Å². The number of benzene rings is 2. The van der Waals surface area contributed by atoms with Crippen LogP contribution < -0.4 is 5.32 Å². The normalized spacial score (nSPS) is 25.8. The molecule has 9 heteroatoms. The van der Waals surface area contributed by atoms with Gasteiger partial charge in [-0.05, 0) is 49.2 Å². The fraction of sp³-hybridized carbons (Fsp3) is 0.536. The topological polar surface area (TPSA) is 71.0 Å². The minimum Gasteiger partial charge on any atom is -0.392 e. The van der Waals surface area contributed by atoms with E-state index in [1.54, 1.807) is 12.1 Å². The number of likely N-dealkylation sites (tertiary alicyclic amines) is 1. The Kier molecular flexibility index (Phi) is 10.1. The summed E-state index contributed by atoms with van der Waals surface area (Å²) in [6, 6.07) is 15.1. The number of hydrogen-bond donors (Lipinski definition) is 2. The molecule has 0 aliphatic carbocycles. The number of aliphatic hydroxyl groups is 1. The Morgan fingerprint density at radius 2 is 1.68 bits per heavy atom. The van der Waals surface area contributed by atoms with Gasteiger partial charge in [-0.25, -0.2) is 0 Å². The van der Waals surface area contributed by atoms with Crippen LogP contribution in [-0.4, -0.2) is 45.4 Å². The average molecular weight is 570 g/mol. The van der Waals surface area contributed by atoms with Crippen molar-refractivity contribution in [3.05, 3.63) is 65.2 Å². The molecular weight excluding hydrogens is 535 g/mol. The first-order valence-electron chi connectivity index (χ1n) is 13.0. The van der Waals surface area contributed by atoms with Gasteiger partial charge in [-0.15, -0.1) is 0 Å². The molecular formula is C28H35Cl3N2O4. The zero-order valence-corrected chi connectivity index (χ0v) is 23.3. The van der Waals surface area contributed by atoms with Gasteiger partial charge >= 0.3 is 0 Å². The minimum absolute atomic E-state index is 0.00260. The summed E-state index contributed by atoms with van der Waals surface area (Å²) in [4.78, 5) is 14.7. The van der Waals surface area contributed by atoms with E-state index >= 15 is 0 Å². The summed E-state index contributed by atoms with van der Waals surface area (Å²) >= 11 is 17.2. The highest BCUT2D eigenvalue weighted by Crippen LogP contribution is 2.42. The molecule has 0 aromatic heterocycles. The van der Waals surface area contributed by atoms with Crippen molar-refractivity contribution >= 4 is 46.4 Å². The van der Waals surface area contributed by atoms with Gasteiger partial charge in [0.2, 0.25) is 0 Å². The number of anilines is 1. The van der Waals surface area contributed by atoms with E-state index in [9.17, 15) is 9.90 Å². The van der Waals surface area contributed by atoms with Crippen LogP contribution in [0.2, 0.25) is 0 Å². The number of halogens is 3. The van der Waals surface area contributed by atoms with Gasteiger partial charge in [-0.2, -0.15) is 0 Å². The van der Waals surface area contributed by atoms with Gasteiger partial charge in [0.15, 0.2) is 6.29 Å². The third-order valence-electron chi connectivity index (χ3n) is 7.18. The molecule has 4 rings (SSSR count). The van der Waals surface area contributed by atoms with Gasteiger partial charge in [-0.3, -0.25) is 4.79 Å². The van der Waals surface area contributed by atoms with E-state index in [2.05, 4.69) is 17.1 Å². The lowest BCUT2D eigenvalue weighted by Gasteiger charge is -2.43. The molecule has 2 saturated heterocycles. The first-order valence-corrected chi connectivity index (χ1v) is 14.1. The van der Waals surface area contributed by atoms with Crippen LogP contribution in [0.15, 0.2) is 48.5 Å². The van der Waals surface area contributed by atoms with E-state index in [1.807, 2.05) is 36.4 Å².